The van der Waals surface area contributed by atoms with Crippen molar-refractivity contribution in [2.24, 2.45) is 0 Å². The topological polar surface area (TPSA) is 15.3 Å². The van der Waals surface area contributed by atoms with Crippen LogP contribution in [0.1, 0.15) is 18.4 Å². The van der Waals surface area contributed by atoms with Gasteiger partial charge in [-0.1, -0.05) is 18.2 Å². The van der Waals surface area contributed by atoms with Gasteiger partial charge in [0.25, 0.3) is 0 Å². The van der Waals surface area contributed by atoms with Crippen LogP contribution in [0.5, 0.6) is 0 Å². The molecular weight excluding hydrogens is 228 g/mol. The first kappa shape index (κ1) is 12.9. The normalized spacial score (nSPS) is 15.5. The Morgan fingerprint density at radius 3 is 2.82 bits per heavy atom. The molecule has 1 aromatic carbocycles. The van der Waals surface area contributed by atoms with Crippen molar-refractivity contribution >= 4 is 11.8 Å². The van der Waals surface area contributed by atoms with Gasteiger partial charge in [0, 0.05) is 30.6 Å². The molecule has 1 saturated carbocycles. The Kier molecular flexibility index (Phi) is 4.89. The molecule has 94 valence electrons. The van der Waals surface area contributed by atoms with E-state index in [-0.39, 0.29) is 0 Å². The molecule has 0 saturated heterocycles. The Bertz CT molecular complexity index is 350. The van der Waals surface area contributed by atoms with Gasteiger partial charge >= 0.3 is 0 Å². The summed E-state index contributed by atoms with van der Waals surface area (Å²) in [5.74, 6) is 0. The first-order chi connectivity index (χ1) is 8.29. The van der Waals surface area contributed by atoms with E-state index in [0.717, 1.165) is 25.7 Å². The third-order valence-corrected chi connectivity index (χ3v) is 3.97. The fourth-order valence-corrected chi connectivity index (χ4v) is 2.56. The van der Waals surface area contributed by atoms with Gasteiger partial charge in [0.2, 0.25) is 0 Å². The van der Waals surface area contributed by atoms with Crippen LogP contribution in [-0.4, -0.2) is 37.3 Å². The summed E-state index contributed by atoms with van der Waals surface area (Å²) in [5, 5.41) is 3.55. The number of rotatable bonds is 7. The molecule has 17 heavy (non-hydrogen) atoms. The fourth-order valence-electron chi connectivity index (χ4n) is 1.95. The molecule has 2 rings (SSSR count). The van der Waals surface area contributed by atoms with Crippen molar-refractivity contribution in [3.8, 4) is 0 Å². The van der Waals surface area contributed by atoms with Crippen LogP contribution in [0.4, 0.5) is 0 Å². The number of nitrogens with one attached hydrogen (secondary N) is 1. The van der Waals surface area contributed by atoms with Crippen LogP contribution in [0.3, 0.4) is 0 Å². The molecule has 2 nitrogen and oxygen atoms in total. The third-order valence-electron chi connectivity index (χ3n) is 3.14. The lowest BCUT2D eigenvalue weighted by Gasteiger charge is -2.18. The molecule has 0 spiro atoms. The molecule has 0 amide bonds. The lowest BCUT2D eigenvalue weighted by atomic mass is 10.2. The van der Waals surface area contributed by atoms with Crippen LogP contribution in [-0.2, 0) is 6.54 Å². The maximum absolute atomic E-state index is 3.55. The molecule has 1 N–H and O–H groups in total. The zero-order chi connectivity index (χ0) is 12.1. The average Bonchev–Trinajstić information content (AvgIpc) is 3.14. The second-order valence-electron chi connectivity index (χ2n) is 4.78. The van der Waals surface area contributed by atoms with E-state index in [0.29, 0.717) is 0 Å². The Morgan fingerprint density at radius 2 is 2.12 bits per heavy atom. The number of thioether (sulfide) groups is 1. The van der Waals surface area contributed by atoms with Crippen molar-refractivity contribution in [1.29, 1.82) is 0 Å². The van der Waals surface area contributed by atoms with Crippen molar-refractivity contribution in [2.75, 3.05) is 26.4 Å². The number of hydrogen-bond acceptors (Lipinski definition) is 3. The molecule has 1 aliphatic carbocycles. The van der Waals surface area contributed by atoms with E-state index in [9.17, 15) is 0 Å². The maximum atomic E-state index is 3.55. The first-order valence-corrected chi connectivity index (χ1v) is 7.56. The van der Waals surface area contributed by atoms with Crippen LogP contribution in [0.25, 0.3) is 0 Å². The summed E-state index contributed by atoms with van der Waals surface area (Å²) in [6.45, 7) is 3.28. The van der Waals surface area contributed by atoms with E-state index in [4.69, 9.17) is 0 Å². The van der Waals surface area contributed by atoms with Gasteiger partial charge in [0.05, 0.1) is 0 Å². The summed E-state index contributed by atoms with van der Waals surface area (Å²) in [5.41, 5.74) is 1.44. The van der Waals surface area contributed by atoms with Crippen LogP contribution in [0.2, 0.25) is 0 Å². The molecule has 0 radical (unpaired) electrons. The van der Waals surface area contributed by atoms with Gasteiger partial charge in [0.15, 0.2) is 0 Å². The molecule has 0 unspecified atom stereocenters. The third kappa shape index (κ3) is 4.34. The molecule has 0 heterocycles. The Balaban J connectivity index is 1.77. The molecule has 1 aliphatic rings. The monoisotopic (exact) mass is 250 g/mol. The van der Waals surface area contributed by atoms with E-state index >= 15 is 0 Å². The fraction of sp³-hybridized carbons (Fsp3) is 0.571. The van der Waals surface area contributed by atoms with Gasteiger partial charge in [-0.05, 0) is 37.8 Å². The molecule has 0 bridgehead atoms. The van der Waals surface area contributed by atoms with Crippen LogP contribution < -0.4 is 5.32 Å². The smallest absolute Gasteiger partial charge is 0.0242 e. The maximum Gasteiger partial charge on any atom is 0.0242 e. The van der Waals surface area contributed by atoms with Gasteiger partial charge < -0.3 is 10.2 Å². The van der Waals surface area contributed by atoms with Crippen molar-refractivity contribution in [3.05, 3.63) is 29.8 Å². The molecular formula is C14H22N2S. The molecule has 1 fully saturated rings. The number of benzene rings is 1. The van der Waals surface area contributed by atoms with Crippen molar-refractivity contribution in [3.63, 3.8) is 0 Å². The largest absolute Gasteiger partial charge is 0.313 e. The van der Waals surface area contributed by atoms with Gasteiger partial charge in [0.1, 0.15) is 0 Å². The van der Waals surface area contributed by atoms with E-state index < -0.39 is 0 Å². The van der Waals surface area contributed by atoms with E-state index in [2.05, 4.69) is 47.8 Å². The summed E-state index contributed by atoms with van der Waals surface area (Å²) < 4.78 is 0. The lowest BCUT2D eigenvalue weighted by molar-refractivity contribution is 0.322. The Morgan fingerprint density at radius 1 is 1.35 bits per heavy atom. The predicted molar refractivity (Wildman–Crippen MR) is 75.6 cm³/mol. The van der Waals surface area contributed by atoms with Crippen molar-refractivity contribution in [1.82, 2.24) is 10.2 Å². The van der Waals surface area contributed by atoms with Gasteiger partial charge in [-0.3, -0.25) is 0 Å². The van der Waals surface area contributed by atoms with E-state index in [1.807, 2.05) is 11.8 Å². The minimum absolute atomic E-state index is 0.821. The summed E-state index contributed by atoms with van der Waals surface area (Å²) in [7, 11) is 2.20. The Hall–Kier alpha value is -0.510. The molecule has 0 aromatic heterocycles. The summed E-state index contributed by atoms with van der Waals surface area (Å²) in [6.07, 6.45) is 4.89. The minimum Gasteiger partial charge on any atom is -0.313 e. The zero-order valence-electron chi connectivity index (χ0n) is 10.8. The van der Waals surface area contributed by atoms with Gasteiger partial charge in [-0.25, -0.2) is 0 Å². The quantitative estimate of drug-likeness (QED) is 0.749. The Labute approximate surface area is 109 Å². The number of hydrogen-bond donors (Lipinski definition) is 1. The highest BCUT2D eigenvalue weighted by molar-refractivity contribution is 7.98. The first-order valence-electron chi connectivity index (χ1n) is 6.33. The second-order valence-corrected chi connectivity index (χ2v) is 5.63. The molecule has 1 aromatic rings. The van der Waals surface area contributed by atoms with Crippen molar-refractivity contribution in [2.45, 2.75) is 30.3 Å². The highest BCUT2D eigenvalue weighted by atomic mass is 32.2. The summed E-state index contributed by atoms with van der Waals surface area (Å²) >= 11 is 1.83. The second kappa shape index (κ2) is 6.43. The van der Waals surface area contributed by atoms with Crippen molar-refractivity contribution < 1.29 is 0 Å². The minimum atomic E-state index is 0.821. The van der Waals surface area contributed by atoms with E-state index in [1.54, 1.807) is 0 Å². The highest BCUT2D eigenvalue weighted by Crippen LogP contribution is 2.21. The molecule has 0 aliphatic heterocycles. The van der Waals surface area contributed by atoms with Crippen LogP contribution in [0, 0.1) is 0 Å². The van der Waals surface area contributed by atoms with Gasteiger partial charge in [-0.2, -0.15) is 0 Å². The van der Waals surface area contributed by atoms with Gasteiger partial charge in [-0.15, -0.1) is 11.8 Å². The summed E-state index contributed by atoms with van der Waals surface area (Å²) in [6, 6.07) is 9.50. The standard InChI is InChI=1S/C14H22N2S/c1-16(10-9-15-13-7-8-13)11-12-5-3-4-6-14(12)17-2/h3-6,13,15H,7-11H2,1-2H3. The van der Waals surface area contributed by atoms with Crippen LogP contribution >= 0.6 is 11.8 Å². The molecule has 3 heteroatoms. The predicted octanol–water partition coefficient (Wildman–Crippen LogP) is 2.59. The lowest BCUT2D eigenvalue weighted by Crippen LogP contribution is -2.30. The van der Waals surface area contributed by atoms with Crippen LogP contribution in [0.15, 0.2) is 29.2 Å². The average molecular weight is 250 g/mol. The SMILES string of the molecule is CSc1ccccc1CN(C)CCNC1CC1. The number of nitrogens with zero attached hydrogens (tertiary/aromatic N) is 1. The highest BCUT2D eigenvalue weighted by Gasteiger charge is 2.19. The van der Waals surface area contributed by atoms with E-state index in [1.165, 1.54) is 23.3 Å². The number of likely N-dealkylation sites (N-methyl/N-ethyl adjacent to an activating group) is 1. The summed E-state index contributed by atoms with van der Waals surface area (Å²) in [4.78, 5) is 3.79. The zero-order valence-corrected chi connectivity index (χ0v) is 11.6. The molecule has 0 atom stereocenters.